The number of rotatable bonds is 7. The molecular formula is C28H36N4O3. The number of methoxy groups -OCH3 is 1. The number of benzene rings is 2. The van der Waals surface area contributed by atoms with Gasteiger partial charge in [0.15, 0.2) is 11.4 Å². The molecule has 0 amide bonds. The van der Waals surface area contributed by atoms with Crippen LogP contribution in [0.15, 0.2) is 47.0 Å². The molecule has 3 fully saturated rings. The van der Waals surface area contributed by atoms with Gasteiger partial charge < -0.3 is 18.9 Å². The standard InChI is InChI=1S/C28H36N4O3/c1-33-24-9-10-27-26(16-24)28(29-35-27)32-14-13-31-18-22(7-8-23(31)19-32)20-34-25-6-4-5-21(15-25)17-30-11-2-3-12-30/h4-6,9-10,15-16,22-23H,2-3,7-8,11-14,17-20H2,1H3/t22-,23-/m0/s1. The van der Waals surface area contributed by atoms with E-state index in [-0.39, 0.29) is 0 Å². The number of hydrogen-bond donors (Lipinski definition) is 0. The second-order valence-electron chi connectivity index (χ2n) is 10.3. The molecule has 0 N–H and O–H groups in total. The van der Waals surface area contributed by atoms with Gasteiger partial charge in [0.1, 0.15) is 11.5 Å². The Balaban J connectivity index is 1.03. The quantitative estimate of drug-likeness (QED) is 0.501. The highest BCUT2D eigenvalue weighted by atomic mass is 16.5. The van der Waals surface area contributed by atoms with Gasteiger partial charge in [0.25, 0.3) is 0 Å². The summed E-state index contributed by atoms with van der Waals surface area (Å²) in [6.45, 7) is 8.40. The molecule has 0 aliphatic carbocycles. The molecule has 7 heteroatoms. The highest BCUT2D eigenvalue weighted by Gasteiger charge is 2.34. The SMILES string of the molecule is COc1ccc2onc(N3CCN4C[C@@H](COc5cccc(CN6CCCC6)c5)CC[C@H]4C3)c2c1. The van der Waals surface area contributed by atoms with Crippen molar-refractivity contribution in [2.75, 3.05) is 57.9 Å². The smallest absolute Gasteiger partial charge is 0.180 e. The van der Waals surface area contributed by atoms with Crippen LogP contribution in [-0.4, -0.2) is 74.0 Å². The van der Waals surface area contributed by atoms with Gasteiger partial charge in [0.05, 0.1) is 19.1 Å². The van der Waals surface area contributed by atoms with Crippen molar-refractivity contribution in [1.82, 2.24) is 15.0 Å². The van der Waals surface area contributed by atoms with Crippen molar-refractivity contribution in [3.8, 4) is 11.5 Å². The lowest BCUT2D eigenvalue weighted by molar-refractivity contribution is 0.0726. The monoisotopic (exact) mass is 476 g/mol. The van der Waals surface area contributed by atoms with Crippen LogP contribution in [0.1, 0.15) is 31.2 Å². The van der Waals surface area contributed by atoms with Crippen LogP contribution in [-0.2, 0) is 6.54 Å². The maximum absolute atomic E-state index is 6.29. The van der Waals surface area contributed by atoms with Crippen LogP contribution in [0.5, 0.6) is 11.5 Å². The Morgan fingerprint density at radius 1 is 0.971 bits per heavy atom. The molecule has 2 atom stereocenters. The van der Waals surface area contributed by atoms with Crippen molar-refractivity contribution in [2.24, 2.45) is 5.92 Å². The molecule has 35 heavy (non-hydrogen) atoms. The van der Waals surface area contributed by atoms with E-state index in [1.54, 1.807) is 7.11 Å². The first kappa shape index (κ1) is 22.7. The summed E-state index contributed by atoms with van der Waals surface area (Å²) >= 11 is 0. The van der Waals surface area contributed by atoms with E-state index in [4.69, 9.17) is 14.0 Å². The molecule has 3 aromatic rings. The molecule has 1 aromatic heterocycles. The summed E-state index contributed by atoms with van der Waals surface area (Å²) in [6.07, 6.45) is 5.06. The maximum atomic E-state index is 6.29. The first-order valence-electron chi connectivity index (χ1n) is 13.1. The number of anilines is 1. The van der Waals surface area contributed by atoms with Crippen molar-refractivity contribution >= 4 is 16.8 Å². The lowest BCUT2D eigenvalue weighted by atomic mass is 9.91. The van der Waals surface area contributed by atoms with E-state index in [0.29, 0.717) is 12.0 Å². The molecule has 2 aromatic carbocycles. The van der Waals surface area contributed by atoms with Crippen LogP contribution >= 0.6 is 0 Å². The molecule has 0 spiro atoms. The van der Waals surface area contributed by atoms with Gasteiger partial charge in [-0.05, 0) is 74.7 Å². The molecule has 186 valence electrons. The highest BCUT2D eigenvalue weighted by molar-refractivity contribution is 5.89. The first-order valence-corrected chi connectivity index (χ1v) is 13.1. The number of ether oxygens (including phenoxy) is 2. The Bertz CT molecular complexity index is 1140. The maximum Gasteiger partial charge on any atom is 0.180 e. The summed E-state index contributed by atoms with van der Waals surface area (Å²) in [5.74, 6) is 3.37. The highest BCUT2D eigenvalue weighted by Crippen LogP contribution is 2.33. The zero-order valence-corrected chi connectivity index (χ0v) is 20.7. The van der Waals surface area contributed by atoms with E-state index in [0.717, 1.165) is 67.6 Å². The Kier molecular flexibility index (Phi) is 6.53. The Labute approximate surface area is 207 Å². The minimum absolute atomic E-state index is 0.557. The van der Waals surface area contributed by atoms with Crippen LogP contribution in [0.4, 0.5) is 5.82 Å². The van der Waals surface area contributed by atoms with Crippen molar-refractivity contribution in [3.63, 3.8) is 0 Å². The van der Waals surface area contributed by atoms with Crippen LogP contribution in [0, 0.1) is 5.92 Å². The molecule has 4 heterocycles. The molecule has 0 saturated carbocycles. The van der Waals surface area contributed by atoms with Crippen molar-refractivity contribution in [2.45, 2.75) is 38.3 Å². The van der Waals surface area contributed by atoms with Gasteiger partial charge in [-0.2, -0.15) is 0 Å². The van der Waals surface area contributed by atoms with E-state index < -0.39 is 0 Å². The Morgan fingerprint density at radius 2 is 1.89 bits per heavy atom. The van der Waals surface area contributed by atoms with Gasteiger partial charge in [0.2, 0.25) is 0 Å². The number of fused-ring (bicyclic) bond motifs is 2. The molecule has 0 bridgehead atoms. The second kappa shape index (κ2) is 10.1. The van der Waals surface area contributed by atoms with Gasteiger partial charge in [-0.15, -0.1) is 0 Å². The van der Waals surface area contributed by atoms with E-state index in [1.165, 1.54) is 44.3 Å². The van der Waals surface area contributed by atoms with Crippen LogP contribution in [0.3, 0.4) is 0 Å². The minimum atomic E-state index is 0.557. The second-order valence-corrected chi connectivity index (χ2v) is 10.3. The zero-order valence-electron chi connectivity index (χ0n) is 20.7. The normalized spacial score (nSPS) is 23.5. The topological polar surface area (TPSA) is 54.2 Å². The van der Waals surface area contributed by atoms with Crippen molar-refractivity contribution < 1.29 is 14.0 Å². The van der Waals surface area contributed by atoms with E-state index in [2.05, 4.69) is 44.1 Å². The lowest BCUT2D eigenvalue weighted by Crippen LogP contribution is -2.57. The summed E-state index contributed by atoms with van der Waals surface area (Å²) in [4.78, 5) is 7.58. The number of nitrogens with zero attached hydrogens (tertiary/aromatic N) is 4. The van der Waals surface area contributed by atoms with Gasteiger partial charge in [0, 0.05) is 44.7 Å². The summed E-state index contributed by atoms with van der Waals surface area (Å²) in [7, 11) is 1.70. The largest absolute Gasteiger partial charge is 0.497 e. The molecule has 7 nitrogen and oxygen atoms in total. The summed E-state index contributed by atoms with van der Waals surface area (Å²) in [5.41, 5.74) is 2.18. The fourth-order valence-corrected chi connectivity index (χ4v) is 5.99. The van der Waals surface area contributed by atoms with E-state index >= 15 is 0 Å². The molecular weight excluding hydrogens is 440 g/mol. The number of piperidine rings is 1. The third-order valence-corrected chi connectivity index (χ3v) is 7.95. The predicted molar refractivity (Wildman–Crippen MR) is 137 cm³/mol. The number of aromatic nitrogens is 1. The van der Waals surface area contributed by atoms with Crippen molar-refractivity contribution in [1.29, 1.82) is 0 Å². The Morgan fingerprint density at radius 3 is 2.77 bits per heavy atom. The van der Waals surface area contributed by atoms with Gasteiger partial charge >= 0.3 is 0 Å². The lowest BCUT2D eigenvalue weighted by Gasteiger charge is -2.46. The fourth-order valence-electron chi connectivity index (χ4n) is 5.99. The Hall–Kier alpha value is -2.77. The van der Waals surface area contributed by atoms with Crippen LogP contribution in [0.25, 0.3) is 11.0 Å². The van der Waals surface area contributed by atoms with E-state index in [1.807, 2.05) is 18.2 Å². The zero-order chi connectivity index (χ0) is 23.6. The van der Waals surface area contributed by atoms with Gasteiger partial charge in [-0.1, -0.05) is 17.3 Å². The molecule has 3 saturated heterocycles. The third-order valence-electron chi connectivity index (χ3n) is 7.95. The molecule has 3 aliphatic heterocycles. The third kappa shape index (κ3) is 4.98. The van der Waals surface area contributed by atoms with Crippen LogP contribution < -0.4 is 14.4 Å². The summed E-state index contributed by atoms with van der Waals surface area (Å²) in [6, 6.07) is 15.2. The van der Waals surface area contributed by atoms with Gasteiger partial charge in [-0.25, -0.2) is 0 Å². The molecule has 0 unspecified atom stereocenters. The molecule has 0 radical (unpaired) electrons. The fraction of sp³-hybridized carbons (Fsp3) is 0.536. The first-order chi connectivity index (χ1) is 17.2. The average molecular weight is 477 g/mol. The number of likely N-dealkylation sites (tertiary alicyclic amines) is 1. The minimum Gasteiger partial charge on any atom is -0.497 e. The van der Waals surface area contributed by atoms with E-state index in [9.17, 15) is 0 Å². The molecule has 3 aliphatic rings. The van der Waals surface area contributed by atoms with Crippen LogP contribution in [0.2, 0.25) is 0 Å². The summed E-state index contributed by atoms with van der Waals surface area (Å²) in [5, 5.41) is 5.44. The number of hydrogen-bond acceptors (Lipinski definition) is 7. The summed E-state index contributed by atoms with van der Waals surface area (Å²) < 4.78 is 17.3. The number of piperazine rings is 1. The van der Waals surface area contributed by atoms with Gasteiger partial charge in [-0.3, -0.25) is 9.80 Å². The average Bonchev–Trinajstić information content (AvgIpc) is 3.57. The predicted octanol–water partition coefficient (Wildman–Crippen LogP) is 4.41. The molecule has 6 rings (SSSR count). The van der Waals surface area contributed by atoms with Crippen molar-refractivity contribution in [3.05, 3.63) is 48.0 Å².